The lowest BCUT2D eigenvalue weighted by atomic mass is 9.91. The Labute approximate surface area is 193 Å². The van der Waals surface area contributed by atoms with Gasteiger partial charge in [-0.15, -0.1) is 0 Å². The van der Waals surface area contributed by atoms with Crippen LogP contribution in [0.4, 0.5) is 4.39 Å². The lowest BCUT2D eigenvalue weighted by Crippen LogP contribution is -2.39. The minimum atomic E-state index is -0.307. The number of rotatable bonds is 7. The highest BCUT2D eigenvalue weighted by Crippen LogP contribution is 2.33. The third-order valence-electron chi connectivity index (χ3n) is 6.51. The number of aryl methyl sites for hydroxylation is 3. The summed E-state index contributed by atoms with van der Waals surface area (Å²) in [5.74, 6) is -0.577. The zero-order valence-electron chi connectivity index (χ0n) is 19.5. The first kappa shape index (κ1) is 23.0. The van der Waals surface area contributed by atoms with E-state index in [2.05, 4.69) is 37.4 Å². The molecule has 0 bridgehead atoms. The van der Waals surface area contributed by atoms with Gasteiger partial charge in [0.05, 0.1) is 6.61 Å². The fraction of sp³-hybridized carbons (Fsp3) is 0.407. The number of halogens is 1. The summed E-state index contributed by atoms with van der Waals surface area (Å²) in [4.78, 5) is 24.9. The fourth-order valence-electron chi connectivity index (χ4n) is 4.94. The summed E-state index contributed by atoms with van der Waals surface area (Å²) in [6.45, 7) is 6.36. The van der Waals surface area contributed by atoms with Gasteiger partial charge in [-0.1, -0.05) is 23.8 Å². The molecule has 2 aromatic carbocycles. The molecule has 3 aromatic rings. The highest BCUT2D eigenvalue weighted by atomic mass is 19.1. The molecule has 1 aromatic heterocycles. The van der Waals surface area contributed by atoms with Crippen LogP contribution >= 0.6 is 0 Å². The second-order valence-corrected chi connectivity index (χ2v) is 8.92. The van der Waals surface area contributed by atoms with Crippen LogP contribution in [0.3, 0.4) is 0 Å². The number of esters is 1. The van der Waals surface area contributed by atoms with E-state index in [4.69, 9.17) is 4.74 Å². The smallest absolute Gasteiger partial charge is 0.325 e. The first-order valence-corrected chi connectivity index (χ1v) is 11.7. The van der Waals surface area contributed by atoms with Gasteiger partial charge in [0.2, 0.25) is 5.91 Å². The van der Waals surface area contributed by atoms with Gasteiger partial charge in [-0.25, -0.2) is 4.39 Å². The molecule has 0 aliphatic heterocycles. The first-order valence-electron chi connectivity index (χ1n) is 11.7. The largest absolute Gasteiger partial charge is 0.465 e. The maximum atomic E-state index is 14.1. The topological polar surface area (TPSA) is 60.3 Å². The molecule has 4 rings (SSSR count). The molecule has 1 atom stereocenters. The number of carbonyl (C=O) groups is 2. The zero-order chi connectivity index (χ0) is 23.5. The van der Waals surface area contributed by atoms with E-state index >= 15 is 0 Å². The van der Waals surface area contributed by atoms with Crippen LogP contribution in [0.5, 0.6) is 0 Å². The van der Waals surface area contributed by atoms with Crippen LogP contribution in [-0.2, 0) is 40.1 Å². The van der Waals surface area contributed by atoms with Gasteiger partial charge < -0.3 is 14.6 Å². The summed E-state index contributed by atoms with van der Waals surface area (Å²) < 4.78 is 21.1. The molecule has 33 heavy (non-hydrogen) atoms. The van der Waals surface area contributed by atoms with Gasteiger partial charge in [0.15, 0.2) is 0 Å². The van der Waals surface area contributed by atoms with Crippen LogP contribution in [0.1, 0.15) is 47.7 Å². The molecule has 0 spiro atoms. The summed E-state index contributed by atoms with van der Waals surface area (Å²) in [6.07, 6.45) is 3.27. The van der Waals surface area contributed by atoms with E-state index < -0.39 is 0 Å². The molecule has 1 amide bonds. The molecule has 0 saturated heterocycles. The highest BCUT2D eigenvalue weighted by molar-refractivity contribution is 5.87. The SMILES string of the molecule is CCOC(=O)Cn1c2c(c3cc(F)ccc31)C[C@@H](NC(=O)CCc1ccc(C)cc1C)CC2. The second kappa shape index (κ2) is 9.77. The Bertz CT molecular complexity index is 1200. The molecule has 0 saturated carbocycles. The van der Waals surface area contributed by atoms with Crippen LogP contribution in [-0.4, -0.2) is 29.1 Å². The average molecular weight is 451 g/mol. The van der Waals surface area contributed by atoms with E-state index in [0.29, 0.717) is 32.3 Å². The maximum Gasteiger partial charge on any atom is 0.325 e. The van der Waals surface area contributed by atoms with Crippen molar-refractivity contribution in [3.8, 4) is 0 Å². The molecule has 5 nitrogen and oxygen atoms in total. The Morgan fingerprint density at radius 2 is 2.00 bits per heavy atom. The third kappa shape index (κ3) is 5.10. The van der Waals surface area contributed by atoms with E-state index in [1.807, 2.05) is 4.57 Å². The molecule has 0 radical (unpaired) electrons. The van der Waals surface area contributed by atoms with Crippen molar-refractivity contribution in [3.05, 3.63) is 70.2 Å². The Kier molecular flexibility index (Phi) is 6.82. The molecule has 0 unspecified atom stereocenters. The molecular weight excluding hydrogens is 419 g/mol. The van der Waals surface area contributed by atoms with E-state index in [1.54, 1.807) is 13.0 Å². The van der Waals surface area contributed by atoms with Gasteiger partial charge in [-0.2, -0.15) is 0 Å². The normalized spacial score (nSPS) is 15.3. The molecule has 1 heterocycles. The maximum absolute atomic E-state index is 14.1. The second-order valence-electron chi connectivity index (χ2n) is 8.92. The van der Waals surface area contributed by atoms with Gasteiger partial charge in [0.25, 0.3) is 0 Å². The number of nitrogens with one attached hydrogen (secondary N) is 1. The zero-order valence-corrected chi connectivity index (χ0v) is 19.5. The average Bonchev–Trinajstić information content (AvgIpc) is 3.05. The molecule has 174 valence electrons. The number of fused-ring (bicyclic) bond motifs is 3. The fourth-order valence-corrected chi connectivity index (χ4v) is 4.94. The Hall–Kier alpha value is -3.15. The van der Waals surface area contributed by atoms with E-state index in [0.717, 1.165) is 28.6 Å². The number of aromatic nitrogens is 1. The molecular formula is C27H31FN2O3. The molecule has 1 aliphatic carbocycles. The number of benzene rings is 2. The summed E-state index contributed by atoms with van der Waals surface area (Å²) >= 11 is 0. The predicted octanol–water partition coefficient (Wildman–Crippen LogP) is 4.57. The van der Waals surface area contributed by atoms with Gasteiger partial charge in [0, 0.05) is 29.1 Å². The third-order valence-corrected chi connectivity index (χ3v) is 6.51. The lowest BCUT2D eigenvalue weighted by molar-refractivity contribution is -0.143. The van der Waals surface area contributed by atoms with E-state index in [-0.39, 0.29) is 30.3 Å². The van der Waals surface area contributed by atoms with Crippen molar-refractivity contribution in [1.82, 2.24) is 9.88 Å². The Morgan fingerprint density at radius 3 is 2.76 bits per heavy atom. The van der Waals surface area contributed by atoms with Crippen LogP contribution in [0, 0.1) is 19.7 Å². The van der Waals surface area contributed by atoms with Crippen molar-refractivity contribution in [2.75, 3.05) is 6.61 Å². The van der Waals surface area contributed by atoms with Gasteiger partial charge in [-0.3, -0.25) is 9.59 Å². The van der Waals surface area contributed by atoms with Crippen LogP contribution in [0.25, 0.3) is 10.9 Å². The molecule has 1 aliphatic rings. The van der Waals surface area contributed by atoms with Crippen molar-refractivity contribution in [2.24, 2.45) is 0 Å². The number of hydrogen-bond acceptors (Lipinski definition) is 3. The monoisotopic (exact) mass is 450 g/mol. The van der Waals surface area contributed by atoms with Crippen molar-refractivity contribution < 1.29 is 18.7 Å². The van der Waals surface area contributed by atoms with Crippen molar-refractivity contribution in [3.63, 3.8) is 0 Å². The van der Waals surface area contributed by atoms with Crippen molar-refractivity contribution in [1.29, 1.82) is 0 Å². The molecule has 0 fully saturated rings. The standard InChI is InChI=1S/C27H31FN2O3/c1-4-33-27(32)16-30-24-10-8-20(28)14-22(24)23-15-21(9-11-25(23)30)29-26(31)12-7-19-6-5-17(2)13-18(19)3/h5-6,8,10,13-14,21H,4,7,9,11-12,15-16H2,1-3H3,(H,29,31)/t21-/m0/s1. The number of carbonyl (C=O) groups excluding carboxylic acids is 2. The van der Waals surface area contributed by atoms with Gasteiger partial charge in [-0.05, 0) is 81.3 Å². The summed E-state index contributed by atoms with van der Waals surface area (Å²) in [5, 5.41) is 3.99. The van der Waals surface area contributed by atoms with Crippen LogP contribution < -0.4 is 5.32 Å². The predicted molar refractivity (Wildman–Crippen MR) is 127 cm³/mol. The molecule has 1 N–H and O–H groups in total. The summed E-state index contributed by atoms with van der Waals surface area (Å²) in [7, 11) is 0. The van der Waals surface area contributed by atoms with Crippen LogP contribution in [0.2, 0.25) is 0 Å². The van der Waals surface area contributed by atoms with Crippen LogP contribution in [0.15, 0.2) is 36.4 Å². The number of ether oxygens (including phenoxy) is 1. The Balaban J connectivity index is 1.48. The number of amides is 1. The highest BCUT2D eigenvalue weighted by Gasteiger charge is 2.27. The first-order chi connectivity index (χ1) is 15.9. The van der Waals surface area contributed by atoms with E-state index in [9.17, 15) is 14.0 Å². The van der Waals surface area contributed by atoms with Crippen molar-refractivity contribution >= 4 is 22.8 Å². The van der Waals surface area contributed by atoms with E-state index in [1.165, 1.54) is 28.8 Å². The van der Waals surface area contributed by atoms with Crippen molar-refractivity contribution in [2.45, 2.75) is 65.5 Å². The van der Waals surface area contributed by atoms with Gasteiger partial charge in [0.1, 0.15) is 12.4 Å². The molecule has 6 heteroatoms. The lowest BCUT2D eigenvalue weighted by Gasteiger charge is -2.25. The Morgan fingerprint density at radius 1 is 1.18 bits per heavy atom. The minimum Gasteiger partial charge on any atom is -0.465 e. The number of hydrogen-bond donors (Lipinski definition) is 1. The minimum absolute atomic E-state index is 0.00553. The quantitative estimate of drug-likeness (QED) is 0.537. The summed E-state index contributed by atoms with van der Waals surface area (Å²) in [6, 6.07) is 11.0. The summed E-state index contributed by atoms with van der Waals surface area (Å²) in [5.41, 5.74) is 6.50. The number of nitrogens with zero attached hydrogens (tertiary/aromatic N) is 1. The van der Waals surface area contributed by atoms with Gasteiger partial charge >= 0.3 is 5.97 Å².